The van der Waals surface area contributed by atoms with Gasteiger partial charge in [-0.3, -0.25) is 4.79 Å². The van der Waals surface area contributed by atoms with E-state index >= 15 is 0 Å². The predicted octanol–water partition coefficient (Wildman–Crippen LogP) is 4.32. The average molecular weight is 420 g/mol. The van der Waals surface area contributed by atoms with Crippen LogP contribution in [0.2, 0.25) is 0 Å². The van der Waals surface area contributed by atoms with Crippen LogP contribution in [0.25, 0.3) is 10.2 Å². The average Bonchev–Trinajstić information content (AvgIpc) is 3.16. The Labute approximate surface area is 169 Å². The lowest BCUT2D eigenvalue weighted by Crippen LogP contribution is -2.44. The van der Waals surface area contributed by atoms with E-state index in [1.165, 1.54) is 17.4 Å². The molecule has 1 aromatic heterocycles. The number of nitrogens with one attached hydrogen (secondary N) is 1. The molecular weight excluding hydrogens is 401 g/mol. The van der Waals surface area contributed by atoms with Crippen molar-refractivity contribution in [2.75, 3.05) is 43.4 Å². The number of alkyl halides is 3. The second-order valence-electron chi connectivity index (χ2n) is 7.01. The van der Waals surface area contributed by atoms with Gasteiger partial charge in [0.15, 0.2) is 0 Å². The van der Waals surface area contributed by atoms with Crippen LogP contribution in [0.4, 0.5) is 24.5 Å². The predicted molar refractivity (Wildman–Crippen MR) is 109 cm³/mol. The maximum absolute atomic E-state index is 13.3. The Hall–Kier alpha value is -2.65. The number of hydrogen-bond donors (Lipinski definition) is 1. The number of anilines is 2. The first-order chi connectivity index (χ1) is 13.8. The van der Waals surface area contributed by atoms with Crippen molar-refractivity contribution in [1.29, 1.82) is 0 Å². The maximum atomic E-state index is 13.3. The van der Waals surface area contributed by atoms with Crippen LogP contribution in [0.1, 0.15) is 15.9 Å². The maximum Gasteiger partial charge on any atom is 0.416 e. The number of piperazine rings is 1. The van der Waals surface area contributed by atoms with Gasteiger partial charge in [0.1, 0.15) is 0 Å². The second-order valence-corrected chi connectivity index (χ2v) is 7.90. The summed E-state index contributed by atoms with van der Waals surface area (Å²) in [6, 6.07) is 8.57. The fraction of sp³-hybridized carbons (Fsp3) is 0.300. The third kappa shape index (κ3) is 4.20. The van der Waals surface area contributed by atoms with Crippen LogP contribution in [0.15, 0.2) is 41.9 Å². The molecule has 0 radical (unpaired) electrons. The topological polar surface area (TPSA) is 48.5 Å². The number of aromatic nitrogens is 1. The number of benzene rings is 2. The zero-order chi connectivity index (χ0) is 20.6. The van der Waals surface area contributed by atoms with Gasteiger partial charge in [-0.1, -0.05) is 0 Å². The van der Waals surface area contributed by atoms with E-state index in [2.05, 4.69) is 15.2 Å². The van der Waals surface area contributed by atoms with Crippen molar-refractivity contribution in [2.24, 2.45) is 0 Å². The molecule has 3 aromatic rings. The number of halogens is 3. The minimum absolute atomic E-state index is 0.166. The first-order valence-corrected chi connectivity index (χ1v) is 9.98. The van der Waals surface area contributed by atoms with Gasteiger partial charge in [-0.15, -0.1) is 11.3 Å². The molecule has 0 unspecified atom stereocenters. The smallest absolute Gasteiger partial charge is 0.367 e. The monoisotopic (exact) mass is 420 g/mol. The van der Waals surface area contributed by atoms with E-state index in [9.17, 15) is 18.0 Å². The van der Waals surface area contributed by atoms with E-state index < -0.39 is 17.6 Å². The van der Waals surface area contributed by atoms with Crippen molar-refractivity contribution >= 4 is 38.8 Å². The lowest BCUT2D eigenvalue weighted by molar-refractivity contribution is -0.137. The Morgan fingerprint density at radius 1 is 1.10 bits per heavy atom. The molecule has 0 spiro atoms. The summed E-state index contributed by atoms with van der Waals surface area (Å²) in [6.07, 6.45) is -4.48. The lowest BCUT2D eigenvalue weighted by atomic mass is 10.1. The summed E-state index contributed by atoms with van der Waals surface area (Å²) in [4.78, 5) is 21.1. The first-order valence-electron chi connectivity index (χ1n) is 9.10. The zero-order valence-corrected chi connectivity index (χ0v) is 16.5. The Kier molecular flexibility index (Phi) is 5.18. The highest BCUT2D eigenvalue weighted by Crippen LogP contribution is 2.36. The molecule has 1 saturated heterocycles. The summed E-state index contributed by atoms with van der Waals surface area (Å²) in [5.41, 5.74) is 2.82. The highest BCUT2D eigenvalue weighted by molar-refractivity contribution is 7.16. The first kappa shape index (κ1) is 19.7. The molecule has 1 amide bonds. The second kappa shape index (κ2) is 7.64. The summed E-state index contributed by atoms with van der Waals surface area (Å²) >= 11 is 1.40. The molecule has 29 heavy (non-hydrogen) atoms. The molecule has 0 aliphatic carbocycles. The van der Waals surface area contributed by atoms with Crippen LogP contribution in [0.3, 0.4) is 0 Å². The number of nitrogens with zero attached hydrogens (tertiary/aromatic N) is 3. The SMILES string of the molecule is CN1CCN(c2ccc(C(F)(F)F)cc2NC(=O)c2ccc3ncsc3c2)CC1. The van der Waals surface area contributed by atoms with Crippen molar-refractivity contribution < 1.29 is 18.0 Å². The molecule has 1 aliphatic heterocycles. The highest BCUT2D eigenvalue weighted by atomic mass is 32.1. The quantitative estimate of drug-likeness (QED) is 0.686. The van der Waals surface area contributed by atoms with Crippen LogP contribution in [0.5, 0.6) is 0 Å². The van der Waals surface area contributed by atoms with Crippen LogP contribution in [-0.2, 0) is 6.18 Å². The number of fused-ring (bicyclic) bond motifs is 1. The van der Waals surface area contributed by atoms with E-state index in [0.717, 1.165) is 35.4 Å². The summed E-state index contributed by atoms with van der Waals surface area (Å²) in [5.74, 6) is -0.449. The summed E-state index contributed by atoms with van der Waals surface area (Å²) < 4.78 is 40.6. The number of rotatable bonds is 3. The van der Waals surface area contributed by atoms with E-state index in [-0.39, 0.29) is 5.69 Å². The molecule has 0 atom stereocenters. The van der Waals surface area contributed by atoms with E-state index in [1.807, 2.05) is 11.9 Å². The third-order valence-electron chi connectivity index (χ3n) is 5.01. The van der Waals surface area contributed by atoms with Crippen molar-refractivity contribution in [1.82, 2.24) is 9.88 Å². The van der Waals surface area contributed by atoms with Gasteiger partial charge >= 0.3 is 6.18 Å². The fourth-order valence-electron chi connectivity index (χ4n) is 3.33. The van der Waals surface area contributed by atoms with Gasteiger partial charge in [-0.05, 0) is 43.4 Å². The van der Waals surface area contributed by atoms with Crippen LogP contribution in [0, 0.1) is 0 Å². The zero-order valence-electron chi connectivity index (χ0n) is 15.7. The summed E-state index contributed by atoms with van der Waals surface area (Å²) in [5, 5.41) is 2.69. The molecule has 1 fully saturated rings. The lowest BCUT2D eigenvalue weighted by Gasteiger charge is -2.35. The van der Waals surface area contributed by atoms with Crippen molar-refractivity contribution in [2.45, 2.75) is 6.18 Å². The largest absolute Gasteiger partial charge is 0.416 e. The standard InChI is InChI=1S/C20H19F3N4OS/c1-26-6-8-27(9-7-26)17-5-3-14(20(21,22)23)11-16(17)25-19(28)13-2-4-15-18(10-13)29-12-24-15/h2-5,10-12H,6-9H2,1H3,(H,25,28). The molecule has 9 heteroatoms. The van der Waals surface area contributed by atoms with Crippen LogP contribution in [-0.4, -0.2) is 49.0 Å². The Balaban J connectivity index is 1.66. The van der Waals surface area contributed by atoms with E-state index in [0.29, 0.717) is 24.3 Å². The van der Waals surface area contributed by atoms with Gasteiger partial charge < -0.3 is 15.1 Å². The van der Waals surface area contributed by atoms with Gasteiger partial charge in [-0.2, -0.15) is 13.2 Å². The molecule has 1 aliphatic rings. The molecule has 2 aromatic carbocycles. The number of carbonyl (C=O) groups excluding carboxylic acids is 1. The van der Waals surface area contributed by atoms with Gasteiger partial charge in [-0.25, -0.2) is 4.98 Å². The minimum Gasteiger partial charge on any atom is -0.367 e. The van der Waals surface area contributed by atoms with Crippen LogP contribution < -0.4 is 10.2 Å². The molecular formula is C20H19F3N4OS. The molecule has 0 bridgehead atoms. The van der Waals surface area contributed by atoms with E-state index in [4.69, 9.17) is 0 Å². The van der Waals surface area contributed by atoms with Crippen molar-refractivity contribution in [3.8, 4) is 0 Å². The molecule has 5 nitrogen and oxygen atoms in total. The van der Waals surface area contributed by atoms with Gasteiger partial charge in [0.05, 0.1) is 32.7 Å². The van der Waals surface area contributed by atoms with Crippen LogP contribution >= 0.6 is 11.3 Å². The summed E-state index contributed by atoms with van der Waals surface area (Å²) in [6.45, 7) is 2.96. The molecule has 1 N–H and O–H groups in total. The number of thiazole rings is 1. The van der Waals surface area contributed by atoms with E-state index in [1.54, 1.807) is 23.7 Å². The molecule has 4 rings (SSSR count). The normalized spacial score (nSPS) is 15.7. The fourth-order valence-corrected chi connectivity index (χ4v) is 4.04. The third-order valence-corrected chi connectivity index (χ3v) is 5.80. The summed E-state index contributed by atoms with van der Waals surface area (Å²) in [7, 11) is 2.00. The Morgan fingerprint density at radius 3 is 2.59 bits per heavy atom. The minimum atomic E-state index is -4.48. The van der Waals surface area contributed by atoms with Gasteiger partial charge in [0.2, 0.25) is 0 Å². The number of amides is 1. The molecule has 0 saturated carbocycles. The van der Waals surface area contributed by atoms with Crippen molar-refractivity contribution in [3.05, 3.63) is 53.0 Å². The Morgan fingerprint density at radius 2 is 1.86 bits per heavy atom. The van der Waals surface area contributed by atoms with Gasteiger partial charge in [0, 0.05) is 31.7 Å². The number of carbonyl (C=O) groups is 1. The molecule has 2 heterocycles. The van der Waals surface area contributed by atoms with Gasteiger partial charge in [0.25, 0.3) is 5.91 Å². The highest BCUT2D eigenvalue weighted by Gasteiger charge is 2.32. The number of likely N-dealkylation sites (N-methyl/N-ethyl adjacent to an activating group) is 1. The Bertz CT molecular complexity index is 1040. The van der Waals surface area contributed by atoms with Crippen molar-refractivity contribution in [3.63, 3.8) is 0 Å². The molecule has 152 valence electrons. The number of hydrogen-bond acceptors (Lipinski definition) is 5.